The number of hydrogen-bond acceptors (Lipinski definition) is 3. The molecule has 0 aromatic heterocycles. The third kappa shape index (κ3) is 4.78. The van der Waals surface area contributed by atoms with Gasteiger partial charge in [-0.2, -0.15) is 0 Å². The fourth-order valence-corrected chi connectivity index (χ4v) is 2.29. The molecular formula is C15H28N2O3. The van der Waals surface area contributed by atoms with Crippen molar-refractivity contribution in [3.63, 3.8) is 0 Å². The highest BCUT2D eigenvalue weighted by atomic mass is 16.5. The Balaban J connectivity index is 2.47. The Labute approximate surface area is 122 Å². The van der Waals surface area contributed by atoms with Crippen molar-refractivity contribution in [2.45, 2.75) is 65.0 Å². The number of rotatable bonds is 7. The molecule has 0 radical (unpaired) electrons. The highest BCUT2D eigenvalue weighted by molar-refractivity contribution is 5.93. The Kier molecular flexibility index (Phi) is 6.46. The van der Waals surface area contributed by atoms with Crippen LogP contribution < -0.4 is 5.32 Å². The van der Waals surface area contributed by atoms with Gasteiger partial charge in [0.25, 0.3) is 0 Å². The molecular weight excluding hydrogens is 256 g/mol. The topological polar surface area (TPSA) is 58.6 Å². The average molecular weight is 284 g/mol. The fraction of sp³-hybridized carbons (Fsp3) is 0.867. The number of nitrogens with one attached hydrogen (secondary N) is 1. The van der Waals surface area contributed by atoms with Crippen molar-refractivity contribution < 1.29 is 14.3 Å². The lowest BCUT2D eigenvalue weighted by atomic mass is 9.97. The van der Waals surface area contributed by atoms with Gasteiger partial charge in [0.05, 0.1) is 6.10 Å². The number of unbranched alkanes of at least 4 members (excludes halogenated alkanes) is 1. The van der Waals surface area contributed by atoms with Gasteiger partial charge in [0.15, 0.2) is 0 Å². The van der Waals surface area contributed by atoms with E-state index in [1.54, 1.807) is 0 Å². The summed E-state index contributed by atoms with van der Waals surface area (Å²) in [6.45, 7) is 9.72. The molecule has 0 aromatic carbocycles. The molecule has 1 rings (SSSR count). The number of carbonyl (C=O) groups is 2. The molecule has 0 bridgehead atoms. The smallest absolute Gasteiger partial charge is 0.248 e. The van der Waals surface area contributed by atoms with Gasteiger partial charge in [0, 0.05) is 26.1 Å². The van der Waals surface area contributed by atoms with E-state index in [0.29, 0.717) is 25.9 Å². The molecule has 1 heterocycles. The van der Waals surface area contributed by atoms with Crippen molar-refractivity contribution >= 4 is 11.8 Å². The number of carbonyl (C=O) groups excluding carboxylic acids is 2. The summed E-state index contributed by atoms with van der Waals surface area (Å²) in [6.07, 6.45) is 3.10. The normalized spacial score (nSPS) is 23.9. The van der Waals surface area contributed by atoms with E-state index in [1.165, 1.54) is 0 Å². The minimum atomic E-state index is -0.748. The Morgan fingerprint density at radius 3 is 2.65 bits per heavy atom. The zero-order valence-corrected chi connectivity index (χ0v) is 13.2. The molecule has 1 atom stereocenters. The lowest BCUT2D eigenvalue weighted by molar-refractivity contribution is -0.138. The highest BCUT2D eigenvalue weighted by Crippen LogP contribution is 2.18. The SMILES string of the molecule is CCC1(C)NC(=O)CCN(CCCCOC(C)C)C1=O. The fourth-order valence-electron chi connectivity index (χ4n) is 2.29. The van der Waals surface area contributed by atoms with E-state index >= 15 is 0 Å². The van der Waals surface area contributed by atoms with E-state index in [9.17, 15) is 9.59 Å². The summed E-state index contributed by atoms with van der Waals surface area (Å²) in [5, 5.41) is 2.85. The maximum Gasteiger partial charge on any atom is 0.248 e. The Morgan fingerprint density at radius 2 is 2.05 bits per heavy atom. The van der Waals surface area contributed by atoms with Crippen LogP contribution in [0.15, 0.2) is 0 Å². The number of ether oxygens (including phenoxy) is 1. The second-order valence-corrected chi connectivity index (χ2v) is 5.90. The molecule has 0 saturated carbocycles. The van der Waals surface area contributed by atoms with Crippen molar-refractivity contribution in [3.8, 4) is 0 Å². The van der Waals surface area contributed by atoms with Crippen LogP contribution in [0.25, 0.3) is 0 Å². The minimum Gasteiger partial charge on any atom is -0.379 e. The van der Waals surface area contributed by atoms with Crippen molar-refractivity contribution in [3.05, 3.63) is 0 Å². The van der Waals surface area contributed by atoms with Gasteiger partial charge in [0.1, 0.15) is 5.54 Å². The maximum atomic E-state index is 12.5. The summed E-state index contributed by atoms with van der Waals surface area (Å²) in [7, 11) is 0. The van der Waals surface area contributed by atoms with Crippen LogP contribution in [0, 0.1) is 0 Å². The van der Waals surface area contributed by atoms with Gasteiger partial charge in [-0.1, -0.05) is 6.92 Å². The van der Waals surface area contributed by atoms with E-state index in [4.69, 9.17) is 4.74 Å². The van der Waals surface area contributed by atoms with Crippen molar-refractivity contribution in [2.75, 3.05) is 19.7 Å². The first kappa shape index (κ1) is 17.0. The summed E-state index contributed by atoms with van der Waals surface area (Å²) in [5.74, 6) is 0.00368. The predicted molar refractivity (Wildman–Crippen MR) is 78.4 cm³/mol. The van der Waals surface area contributed by atoms with E-state index in [2.05, 4.69) is 5.32 Å². The van der Waals surface area contributed by atoms with Crippen LogP contribution in [-0.2, 0) is 14.3 Å². The monoisotopic (exact) mass is 284 g/mol. The third-order valence-corrected chi connectivity index (χ3v) is 3.76. The first-order valence-electron chi connectivity index (χ1n) is 7.61. The van der Waals surface area contributed by atoms with Crippen LogP contribution in [0.5, 0.6) is 0 Å². The van der Waals surface area contributed by atoms with Gasteiger partial charge in [-0.25, -0.2) is 0 Å². The highest BCUT2D eigenvalue weighted by Gasteiger charge is 2.38. The van der Waals surface area contributed by atoms with Gasteiger partial charge in [0.2, 0.25) is 11.8 Å². The largest absolute Gasteiger partial charge is 0.379 e. The molecule has 1 N–H and O–H groups in total. The molecule has 5 heteroatoms. The molecule has 1 unspecified atom stereocenters. The van der Waals surface area contributed by atoms with Crippen LogP contribution in [0.4, 0.5) is 0 Å². The first-order chi connectivity index (χ1) is 9.39. The van der Waals surface area contributed by atoms with E-state index in [-0.39, 0.29) is 17.9 Å². The molecule has 1 saturated heterocycles. The molecule has 1 aliphatic heterocycles. The molecule has 116 valence electrons. The zero-order chi connectivity index (χ0) is 15.2. The molecule has 0 aromatic rings. The maximum absolute atomic E-state index is 12.5. The van der Waals surface area contributed by atoms with E-state index < -0.39 is 5.54 Å². The van der Waals surface area contributed by atoms with Crippen molar-refractivity contribution in [2.24, 2.45) is 0 Å². The van der Waals surface area contributed by atoms with Gasteiger partial charge in [-0.05, 0) is 40.0 Å². The van der Waals surface area contributed by atoms with E-state index in [1.807, 2.05) is 32.6 Å². The van der Waals surface area contributed by atoms with Gasteiger partial charge >= 0.3 is 0 Å². The van der Waals surface area contributed by atoms with Gasteiger partial charge in [-0.15, -0.1) is 0 Å². The third-order valence-electron chi connectivity index (χ3n) is 3.76. The van der Waals surface area contributed by atoms with Gasteiger partial charge in [-0.3, -0.25) is 9.59 Å². The van der Waals surface area contributed by atoms with Crippen LogP contribution in [-0.4, -0.2) is 48.1 Å². The zero-order valence-electron chi connectivity index (χ0n) is 13.2. The first-order valence-corrected chi connectivity index (χ1v) is 7.61. The van der Waals surface area contributed by atoms with Crippen LogP contribution in [0.1, 0.15) is 53.4 Å². The Hall–Kier alpha value is -1.10. The number of amides is 2. The summed E-state index contributed by atoms with van der Waals surface area (Å²) < 4.78 is 5.49. The van der Waals surface area contributed by atoms with Crippen LogP contribution in [0.2, 0.25) is 0 Å². The van der Waals surface area contributed by atoms with Crippen molar-refractivity contribution in [1.82, 2.24) is 10.2 Å². The Morgan fingerprint density at radius 1 is 1.35 bits per heavy atom. The molecule has 1 aliphatic rings. The Bertz CT molecular complexity index is 344. The standard InChI is InChI=1S/C15H28N2O3/c1-5-15(4)14(19)17(10-8-13(18)16-15)9-6-7-11-20-12(2)3/h12H,5-11H2,1-4H3,(H,16,18). The molecule has 1 fully saturated rings. The summed E-state index contributed by atoms with van der Waals surface area (Å²) in [5.41, 5.74) is -0.748. The van der Waals surface area contributed by atoms with Crippen molar-refractivity contribution in [1.29, 1.82) is 0 Å². The second-order valence-electron chi connectivity index (χ2n) is 5.90. The predicted octanol–water partition coefficient (Wildman–Crippen LogP) is 1.71. The second kappa shape index (κ2) is 7.62. The quantitative estimate of drug-likeness (QED) is 0.724. The molecule has 2 amide bonds. The van der Waals surface area contributed by atoms with Crippen LogP contribution >= 0.6 is 0 Å². The summed E-state index contributed by atoms with van der Waals surface area (Å²) in [4.78, 5) is 26.0. The lowest BCUT2D eigenvalue weighted by Gasteiger charge is -2.31. The minimum absolute atomic E-state index is 0.0339. The molecule has 5 nitrogen and oxygen atoms in total. The summed E-state index contributed by atoms with van der Waals surface area (Å²) >= 11 is 0. The van der Waals surface area contributed by atoms with Gasteiger partial charge < -0.3 is 15.0 Å². The molecule has 20 heavy (non-hydrogen) atoms. The number of nitrogens with zero attached hydrogens (tertiary/aromatic N) is 1. The molecule has 0 spiro atoms. The summed E-state index contributed by atoms with van der Waals surface area (Å²) in [6, 6.07) is 0. The average Bonchev–Trinajstić information content (AvgIpc) is 2.49. The lowest BCUT2D eigenvalue weighted by Crippen LogP contribution is -2.54. The van der Waals surface area contributed by atoms with E-state index in [0.717, 1.165) is 19.4 Å². The number of hydrogen-bond donors (Lipinski definition) is 1. The van der Waals surface area contributed by atoms with Crippen LogP contribution in [0.3, 0.4) is 0 Å². The molecule has 0 aliphatic carbocycles.